The number of piperidine rings is 1. The lowest BCUT2D eigenvalue weighted by Gasteiger charge is -2.31. The maximum absolute atomic E-state index is 12.1. The van der Waals surface area contributed by atoms with Crippen LogP contribution in [0.1, 0.15) is 43.2 Å². The van der Waals surface area contributed by atoms with E-state index < -0.39 is 0 Å². The molecule has 0 saturated carbocycles. The lowest BCUT2D eigenvalue weighted by atomic mass is 9.89. The Morgan fingerprint density at radius 2 is 1.83 bits per heavy atom. The van der Waals surface area contributed by atoms with Crippen molar-refractivity contribution in [2.75, 3.05) is 26.3 Å². The molecule has 2 aromatic carbocycles. The molecule has 1 amide bonds. The Bertz CT molecular complexity index is 1180. The highest BCUT2D eigenvalue weighted by molar-refractivity contribution is 5.84. The van der Waals surface area contributed by atoms with Crippen LogP contribution in [-0.4, -0.2) is 48.2 Å². The van der Waals surface area contributed by atoms with E-state index in [1.54, 1.807) is 6.26 Å². The van der Waals surface area contributed by atoms with Gasteiger partial charge in [-0.15, -0.1) is 0 Å². The molecule has 36 heavy (non-hydrogen) atoms. The van der Waals surface area contributed by atoms with E-state index in [2.05, 4.69) is 47.2 Å². The van der Waals surface area contributed by atoms with Crippen LogP contribution in [0, 0.1) is 0 Å². The zero-order valence-corrected chi connectivity index (χ0v) is 20.8. The van der Waals surface area contributed by atoms with Crippen LogP contribution in [0.4, 0.5) is 4.79 Å². The van der Waals surface area contributed by atoms with Gasteiger partial charge in [-0.25, -0.2) is 4.79 Å². The molecule has 0 N–H and O–H groups in total. The Balaban J connectivity index is 1.13. The number of aryl methyl sites for hydroxylation is 1. The molecule has 2 aliphatic rings. The first-order valence-electron chi connectivity index (χ1n) is 12.9. The predicted molar refractivity (Wildman–Crippen MR) is 137 cm³/mol. The summed E-state index contributed by atoms with van der Waals surface area (Å²) in [6.45, 7) is 5.13. The standard InChI is InChI=1S/C29H34N2O5/c1-2-33-29(32)30-16-13-23(14-17-30)25-20-31(26-12-7-6-11-24(25)26)15-8-18-34-28-21-35-27(36-28)19-22-9-4-3-5-10-22/h3-7,9-12,20-21,23,27H,2,8,13-19H2,1H3. The Morgan fingerprint density at radius 3 is 2.64 bits per heavy atom. The highest BCUT2D eigenvalue weighted by Crippen LogP contribution is 2.34. The number of ether oxygens (including phenoxy) is 4. The minimum atomic E-state index is -0.339. The Hall–Kier alpha value is -3.61. The lowest BCUT2D eigenvalue weighted by molar-refractivity contribution is -0.0700. The van der Waals surface area contributed by atoms with Crippen molar-refractivity contribution < 1.29 is 23.7 Å². The first kappa shape index (κ1) is 24.1. The molecule has 1 aromatic heterocycles. The van der Waals surface area contributed by atoms with Crippen LogP contribution in [0.15, 0.2) is 73.0 Å². The molecular formula is C29H34N2O5. The number of carbonyl (C=O) groups is 1. The summed E-state index contributed by atoms with van der Waals surface area (Å²) in [5.41, 5.74) is 3.77. The quantitative estimate of drug-likeness (QED) is 0.355. The van der Waals surface area contributed by atoms with Crippen molar-refractivity contribution in [1.82, 2.24) is 9.47 Å². The molecule has 1 fully saturated rings. The minimum absolute atomic E-state index is 0.198. The predicted octanol–water partition coefficient (Wildman–Crippen LogP) is 5.80. The van der Waals surface area contributed by atoms with E-state index in [-0.39, 0.29) is 12.4 Å². The summed E-state index contributed by atoms with van der Waals surface area (Å²) in [7, 11) is 0. The van der Waals surface area contributed by atoms with Gasteiger partial charge in [-0.05, 0) is 49.3 Å². The number of amides is 1. The van der Waals surface area contributed by atoms with Crippen LogP contribution in [0.5, 0.6) is 0 Å². The highest BCUT2D eigenvalue weighted by atomic mass is 16.8. The van der Waals surface area contributed by atoms with Gasteiger partial charge in [0.1, 0.15) is 0 Å². The summed E-state index contributed by atoms with van der Waals surface area (Å²) < 4.78 is 24.7. The second-order valence-corrected chi connectivity index (χ2v) is 9.27. The molecule has 3 heterocycles. The summed E-state index contributed by atoms with van der Waals surface area (Å²) in [5, 5.41) is 1.30. The van der Waals surface area contributed by atoms with Crippen molar-refractivity contribution in [3.63, 3.8) is 0 Å². The van der Waals surface area contributed by atoms with Crippen molar-refractivity contribution >= 4 is 17.0 Å². The first-order valence-corrected chi connectivity index (χ1v) is 12.9. The van der Waals surface area contributed by atoms with E-state index in [0.29, 0.717) is 31.5 Å². The van der Waals surface area contributed by atoms with Gasteiger partial charge in [-0.3, -0.25) is 0 Å². The number of fused-ring (bicyclic) bond motifs is 1. The number of nitrogens with zero attached hydrogens (tertiary/aromatic N) is 2. The third kappa shape index (κ3) is 5.61. The van der Waals surface area contributed by atoms with E-state index in [0.717, 1.165) is 38.9 Å². The largest absolute Gasteiger partial charge is 0.463 e. The third-order valence-electron chi connectivity index (χ3n) is 6.88. The summed E-state index contributed by atoms with van der Waals surface area (Å²) >= 11 is 0. The van der Waals surface area contributed by atoms with Gasteiger partial charge in [0, 0.05) is 43.2 Å². The molecule has 7 heteroatoms. The number of para-hydroxylation sites is 1. The van der Waals surface area contributed by atoms with Gasteiger partial charge in [-0.2, -0.15) is 0 Å². The van der Waals surface area contributed by atoms with Gasteiger partial charge in [0.2, 0.25) is 6.29 Å². The van der Waals surface area contributed by atoms with Crippen molar-refractivity contribution in [3.05, 3.63) is 84.1 Å². The van der Waals surface area contributed by atoms with Crippen molar-refractivity contribution in [1.29, 1.82) is 0 Å². The maximum atomic E-state index is 12.1. The highest BCUT2D eigenvalue weighted by Gasteiger charge is 2.27. The van der Waals surface area contributed by atoms with Crippen LogP contribution in [-0.2, 0) is 31.9 Å². The SMILES string of the molecule is CCOC(=O)N1CCC(c2cn(CCCOC3=COC(Cc4ccccc4)O3)c3ccccc23)CC1. The fourth-order valence-electron chi connectivity index (χ4n) is 5.06. The molecule has 1 atom stereocenters. The topological polar surface area (TPSA) is 62.2 Å². The van der Waals surface area contributed by atoms with Crippen molar-refractivity contribution in [3.8, 4) is 0 Å². The van der Waals surface area contributed by atoms with E-state index in [1.165, 1.54) is 22.0 Å². The molecule has 5 rings (SSSR count). The van der Waals surface area contributed by atoms with Gasteiger partial charge < -0.3 is 28.4 Å². The molecule has 3 aromatic rings. The first-order chi connectivity index (χ1) is 17.7. The minimum Gasteiger partial charge on any atom is -0.463 e. The number of aromatic nitrogens is 1. The number of rotatable bonds is 9. The van der Waals surface area contributed by atoms with Crippen molar-refractivity contribution in [2.24, 2.45) is 0 Å². The fraction of sp³-hybridized carbons (Fsp3) is 0.414. The van der Waals surface area contributed by atoms with E-state index in [9.17, 15) is 4.79 Å². The van der Waals surface area contributed by atoms with Crippen LogP contribution < -0.4 is 0 Å². The average Bonchev–Trinajstić information content (AvgIpc) is 3.52. The zero-order valence-electron chi connectivity index (χ0n) is 20.8. The molecule has 1 saturated heterocycles. The maximum Gasteiger partial charge on any atom is 0.409 e. The van der Waals surface area contributed by atoms with Gasteiger partial charge in [0.05, 0.1) is 13.2 Å². The Kier molecular flexibility index (Phi) is 7.64. The molecular weight excluding hydrogens is 456 g/mol. The molecule has 0 bridgehead atoms. The van der Waals surface area contributed by atoms with Gasteiger partial charge in [0.25, 0.3) is 0 Å². The monoisotopic (exact) mass is 490 g/mol. The smallest absolute Gasteiger partial charge is 0.409 e. The van der Waals surface area contributed by atoms with Crippen molar-refractivity contribution in [2.45, 2.75) is 51.4 Å². The van der Waals surface area contributed by atoms with Crippen LogP contribution in [0.3, 0.4) is 0 Å². The Labute approximate surface area is 212 Å². The van der Waals surface area contributed by atoms with Gasteiger partial charge in [0.15, 0.2) is 6.26 Å². The third-order valence-corrected chi connectivity index (χ3v) is 6.88. The summed E-state index contributed by atoms with van der Waals surface area (Å²) in [6.07, 6.45) is 6.76. The second kappa shape index (κ2) is 11.4. The number of carbonyl (C=O) groups excluding carboxylic acids is 1. The summed E-state index contributed by atoms with van der Waals surface area (Å²) in [4.78, 5) is 13.9. The normalized spacial score (nSPS) is 18.0. The molecule has 190 valence electrons. The number of likely N-dealkylation sites (tertiary alicyclic amines) is 1. The Morgan fingerprint density at radius 1 is 1.06 bits per heavy atom. The van der Waals surface area contributed by atoms with Gasteiger partial charge in [-0.1, -0.05) is 48.5 Å². The van der Waals surface area contributed by atoms with Gasteiger partial charge >= 0.3 is 12.0 Å². The molecule has 0 spiro atoms. The van der Waals surface area contributed by atoms with E-state index in [1.807, 2.05) is 30.0 Å². The summed E-state index contributed by atoms with van der Waals surface area (Å²) in [6, 6.07) is 18.7. The lowest BCUT2D eigenvalue weighted by Crippen LogP contribution is -2.38. The van der Waals surface area contributed by atoms with Crippen LogP contribution >= 0.6 is 0 Å². The zero-order chi connectivity index (χ0) is 24.7. The number of benzene rings is 2. The summed E-state index contributed by atoms with van der Waals surface area (Å²) in [5.74, 6) is 0.885. The molecule has 7 nitrogen and oxygen atoms in total. The molecule has 0 radical (unpaired) electrons. The fourth-order valence-corrected chi connectivity index (χ4v) is 5.06. The average molecular weight is 491 g/mol. The van der Waals surface area contributed by atoms with E-state index in [4.69, 9.17) is 18.9 Å². The second-order valence-electron chi connectivity index (χ2n) is 9.27. The number of hydrogen-bond donors (Lipinski definition) is 0. The number of hydrogen-bond acceptors (Lipinski definition) is 5. The van der Waals surface area contributed by atoms with Crippen LogP contribution in [0.25, 0.3) is 10.9 Å². The molecule has 1 unspecified atom stereocenters. The molecule has 0 aliphatic carbocycles. The van der Waals surface area contributed by atoms with E-state index >= 15 is 0 Å². The van der Waals surface area contributed by atoms with Crippen LogP contribution in [0.2, 0.25) is 0 Å². The molecule has 2 aliphatic heterocycles.